The van der Waals surface area contributed by atoms with E-state index in [0.29, 0.717) is 0 Å². The van der Waals surface area contributed by atoms with Gasteiger partial charge < -0.3 is 20.6 Å². The van der Waals surface area contributed by atoms with Crippen LogP contribution in [0.5, 0.6) is 0 Å². The monoisotopic (exact) mass is 319 g/mol. The van der Waals surface area contributed by atoms with Crippen LogP contribution in [0.15, 0.2) is 24.3 Å². The lowest BCUT2D eigenvalue weighted by molar-refractivity contribution is 0.170. The van der Waals surface area contributed by atoms with Gasteiger partial charge in [0.15, 0.2) is 0 Å². The molecule has 128 valence electrons. The molecule has 0 radical (unpaired) electrons. The molecular formula is C18H29N3O2. The molecule has 1 heterocycles. The fraction of sp³-hybridized carbons (Fsp3) is 0.611. The first kappa shape index (κ1) is 17.8. The summed E-state index contributed by atoms with van der Waals surface area (Å²) in [6.45, 7) is 7.32. The normalized spacial score (nSPS) is 18.2. The summed E-state index contributed by atoms with van der Waals surface area (Å²) < 4.78 is 0. The van der Waals surface area contributed by atoms with Crippen LogP contribution in [0.2, 0.25) is 0 Å². The quantitative estimate of drug-likeness (QED) is 0.753. The molecule has 23 heavy (non-hydrogen) atoms. The first-order valence-electron chi connectivity index (χ1n) is 8.56. The average molecular weight is 319 g/mol. The van der Waals surface area contributed by atoms with Gasteiger partial charge in [-0.2, -0.15) is 0 Å². The van der Waals surface area contributed by atoms with Crippen LogP contribution in [0.3, 0.4) is 0 Å². The van der Waals surface area contributed by atoms with Crippen molar-refractivity contribution < 1.29 is 9.90 Å². The van der Waals surface area contributed by atoms with Crippen molar-refractivity contribution in [2.45, 2.75) is 45.3 Å². The molecule has 1 aliphatic heterocycles. The van der Waals surface area contributed by atoms with Gasteiger partial charge in [-0.3, -0.25) is 0 Å². The van der Waals surface area contributed by atoms with Crippen molar-refractivity contribution >= 4 is 6.03 Å². The van der Waals surface area contributed by atoms with E-state index in [4.69, 9.17) is 0 Å². The molecule has 0 aliphatic carbocycles. The number of benzene rings is 1. The lowest BCUT2D eigenvalue weighted by Gasteiger charge is -2.29. The SMILES string of the molecule is Cc1ccccc1C(O)CNC(=O)NC(C)CN1CCCCC1. The summed E-state index contributed by atoms with van der Waals surface area (Å²) in [6, 6.07) is 7.56. The summed E-state index contributed by atoms with van der Waals surface area (Å²) in [5, 5.41) is 15.9. The number of aliphatic hydroxyl groups is 1. The minimum absolute atomic E-state index is 0.101. The number of carbonyl (C=O) groups is 1. The summed E-state index contributed by atoms with van der Waals surface area (Å²) >= 11 is 0. The van der Waals surface area contributed by atoms with Gasteiger partial charge in [-0.05, 0) is 50.9 Å². The van der Waals surface area contributed by atoms with Crippen LogP contribution < -0.4 is 10.6 Å². The Balaban J connectivity index is 1.70. The van der Waals surface area contributed by atoms with Gasteiger partial charge >= 0.3 is 6.03 Å². The minimum Gasteiger partial charge on any atom is -0.387 e. The third-order valence-electron chi connectivity index (χ3n) is 4.36. The molecule has 1 saturated heterocycles. The molecule has 1 aromatic carbocycles. The average Bonchev–Trinajstić information content (AvgIpc) is 2.54. The van der Waals surface area contributed by atoms with Crippen LogP contribution in [0, 0.1) is 6.92 Å². The molecule has 1 aliphatic rings. The van der Waals surface area contributed by atoms with E-state index in [1.54, 1.807) is 0 Å². The Bertz CT molecular complexity index is 501. The molecule has 3 N–H and O–H groups in total. The lowest BCUT2D eigenvalue weighted by Crippen LogP contribution is -2.47. The van der Waals surface area contributed by atoms with E-state index >= 15 is 0 Å². The molecule has 5 heteroatoms. The van der Waals surface area contributed by atoms with Gasteiger partial charge in [-0.25, -0.2) is 4.79 Å². The van der Waals surface area contributed by atoms with E-state index in [-0.39, 0.29) is 18.6 Å². The largest absolute Gasteiger partial charge is 0.387 e. The zero-order valence-electron chi connectivity index (χ0n) is 14.2. The summed E-state index contributed by atoms with van der Waals surface area (Å²) in [4.78, 5) is 14.4. The molecule has 1 aromatic rings. The number of nitrogens with one attached hydrogen (secondary N) is 2. The van der Waals surface area contributed by atoms with Crippen molar-refractivity contribution in [1.29, 1.82) is 0 Å². The van der Waals surface area contributed by atoms with E-state index in [1.807, 2.05) is 38.1 Å². The maximum absolute atomic E-state index is 12.0. The second kappa shape index (κ2) is 8.89. The summed E-state index contributed by atoms with van der Waals surface area (Å²) in [7, 11) is 0. The molecule has 5 nitrogen and oxygen atoms in total. The van der Waals surface area contributed by atoms with E-state index in [1.165, 1.54) is 19.3 Å². The molecule has 0 saturated carbocycles. The fourth-order valence-electron chi connectivity index (χ4n) is 3.11. The van der Waals surface area contributed by atoms with Gasteiger partial charge in [0.05, 0.1) is 6.10 Å². The number of hydrogen-bond acceptors (Lipinski definition) is 3. The minimum atomic E-state index is -0.681. The van der Waals surface area contributed by atoms with Crippen LogP contribution >= 0.6 is 0 Å². The second-order valence-corrected chi connectivity index (χ2v) is 6.49. The van der Waals surface area contributed by atoms with Crippen molar-refractivity contribution in [3.63, 3.8) is 0 Å². The number of likely N-dealkylation sites (tertiary alicyclic amines) is 1. The maximum Gasteiger partial charge on any atom is 0.315 e. The summed E-state index contributed by atoms with van der Waals surface area (Å²) in [5.41, 5.74) is 1.88. The molecular weight excluding hydrogens is 290 g/mol. The van der Waals surface area contributed by atoms with Gasteiger partial charge in [-0.1, -0.05) is 30.7 Å². The molecule has 0 aromatic heterocycles. The first-order chi connectivity index (χ1) is 11.1. The number of hydrogen-bond donors (Lipinski definition) is 3. The van der Waals surface area contributed by atoms with Crippen LogP contribution in [0.1, 0.15) is 43.4 Å². The predicted octanol–water partition coefficient (Wildman–Crippen LogP) is 2.20. The van der Waals surface area contributed by atoms with E-state index in [9.17, 15) is 9.90 Å². The number of rotatable bonds is 6. The third-order valence-corrected chi connectivity index (χ3v) is 4.36. The predicted molar refractivity (Wildman–Crippen MR) is 92.4 cm³/mol. The van der Waals surface area contributed by atoms with E-state index < -0.39 is 6.10 Å². The van der Waals surface area contributed by atoms with Crippen LogP contribution in [0.4, 0.5) is 4.79 Å². The van der Waals surface area contributed by atoms with Crippen molar-refractivity contribution in [3.05, 3.63) is 35.4 Å². The molecule has 2 amide bonds. The third kappa shape index (κ3) is 5.84. The number of nitrogens with zero attached hydrogens (tertiary/aromatic N) is 1. The van der Waals surface area contributed by atoms with Crippen LogP contribution in [-0.2, 0) is 0 Å². The molecule has 2 rings (SSSR count). The van der Waals surface area contributed by atoms with Crippen molar-refractivity contribution in [3.8, 4) is 0 Å². The molecule has 0 bridgehead atoms. The zero-order chi connectivity index (χ0) is 16.7. The highest BCUT2D eigenvalue weighted by Gasteiger charge is 2.16. The standard InChI is InChI=1S/C18H29N3O2/c1-14-8-4-5-9-16(14)17(22)12-19-18(23)20-15(2)13-21-10-6-3-7-11-21/h4-5,8-9,15,17,22H,3,6-7,10-13H2,1-2H3,(H2,19,20,23). The highest BCUT2D eigenvalue weighted by molar-refractivity contribution is 5.74. The Hall–Kier alpha value is -1.59. The van der Waals surface area contributed by atoms with Crippen molar-refractivity contribution in [1.82, 2.24) is 15.5 Å². The van der Waals surface area contributed by atoms with E-state index in [0.717, 1.165) is 30.8 Å². The van der Waals surface area contributed by atoms with Crippen LogP contribution in [-0.4, -0.2) is 48.3 Å². The topological polar surface area (TPSA) is 64.6 Å². The van der Waals surface area contributed by atoms with Gasteiger partial charge in [0.1, 0.15) is 0 Å². The number of aryl methyl sites for hydroxylation is 1. The number of carbonyl (C=O) groups excluding carboxylic acids is 1. The number of amides is 2. The lowest BCUT2D eigenvalue weighted by atomic mass is 10.0. The highest BCUT2D eigenvalue weighted by atomic mass is 16.3. The van der Waals surface area contributed by atoms with Crippen molar-refractivity contribution in [2.24, 2.45) is 0 Å². The van der Waals surface area contributed by atoms with Crippen LogP contribution in [0.25, 0.3) is 0 Å². The van der Waals surface area contributed by atoms with Gasteiger partial charge in [0.25, 0.3) is 0 Å². The maximum atomic E-state index is 12.0. The van der Waals surface area contributed by atoms with Gasteiger partial charge in [-0.15, -0.1) is 0 Å². The number of aliphatic hydroxyl groups excluding tert-OH is 1. The smallest absolute Gasteiger partial charge is 0.315 e. The Morgan fingerprint density at radius 3 is 2.65 bits per heavy atom. The van der Waals surface area contributed by atoms with E-state index in [2.05, 4.69) is 15.5 Å². The Kier molecular flexibility index (Phi) is 6.86. The first-order valence-corrected chi connectivity index (χ1v) is 8.56. The van der Waals surface area contributed by atoms with Crippen molar-refractivity contribution in [2.75, 3.05) is 26.2 Å². The molecule has 0 spiro atoms. The van der Waals surface area contributed by atoms with Gasteiger partial charge in [0, 0.05) is 19.1 Å². The summed E-state index contributed by atoms with van der Waals surface area (Å²) in [6.07, 6.45) is 3.14. The fourth-order valence-corrected chi connectivity index (χ4v) is 3.11. The molecule has 2 unspecified atom stereocenters. The second-order valence-electron chi connectivity index (χ2n) is 6.49. The highest BCUT2D eigenvalue weighted by Crippen LogP contribution is 2.16. The Morgan fingerprint density at radius 1 is 1.26 bits per heavy atom. The Morgan fingerprint density at radius 2 is 1.96 bits per heavy atom. The molecule has 2 atom stereocenters. The van der Waals surface area contributed by atoms with Gasteiger partial charge in [0.2, 0.25) is 0 Å². The Labute approximate surface area is 139 Å². The summed E-state index contributed by atoms with van der Waals surface area (Å²) in [5.74, 6) is 0. The number of piperidine rings is 1. The zero-order valence-corrected chi connectivity index (χ0v) is 14.2. The number of urea groups is 1. The molecule has 1 fully saturated rings.